The van der Waals surface area contributed by atoms with Crippen LogP contribution in [-0.2, 0) is 11.4 Å². The molecule has 0 N–H and O–H groups in total. The fraction of sp³-hybridized carbons (Fsp3) is 0.538. The lowest BCUT2D eigenvalue weighted by molar-refractivity contribution is 0.414. The van der Waals surface area contributed by atoms with E-state index in [0.29, 0.717) is 10.3 Å². The van der Waals surface area contributed by atoms with Crippen LogP contribution in [0.2, 0.25) is 0 Å². The van der Waals surface area contributed by atoms with Crippen molar-refractivity contribution in [2.45, 2.75) is 45.0 Å². The molecule has 0 bridgehead atoms. The number of halogens is 2. The van der Waals surface area contributed by atoms with Gasteiger partial charge in [0.25, 0.3) is 0 Å². The number of pyridine rings is 1. The lowest BCUT2D eigenvalue weighted by Gasteiger charge is -2.20. The highest BCUT2D eigenvalue weighted by molar-refractivity contribution is 9.10. The third kappa shape index (κ3) is 4.85. The fourth-order valence-corrected chi connectivity index (χ4v) is 2.24. The number of hydrogen-bond acceptors (Lipinski definition) is 3. The minimum absolute atomic E-state index is 0.150. The Morgan fingerprint density at radius 2 is 2.16 bits per heavy atom. The Labute approximate surface area is 125 Å². The lowest BCUT2D eigenvalue weighted by Crippen LogP contribution is -2.29. The van der Waals surface area contributed by atoms with Gasteiger partial charge in [-0.2, -0.15) is 0 Å². The molecule has 0 fully saturated rings. The summed E-state index contributed by atoms with van der Waals surface area (Å²) >= 11 is 1.74. The van der Waals surface area contributed by atoms with Crippen molar-refractivity contribution in [1.82, 2.24) is 4.98 Å². The first kappa shape index (κ1) is 16.6. The van der Waals surface area contributed by atoms with Crippen LogP contribution in [0.5, 0.6) is 0 Å². The summed E-state index contributed by atoms with van der Waals surface area (Å²) in [6.45, 7) is 7.13. The molecule has 0 aliphatic rings. The minimum Gasteiger partial charge on any atom is -0.591 e. The Balaban J connectivity index is 3.19. The highest BCUT2D eigenvalue weighted by Crippen LogP contribution is 2.20. The Morgan fingerprint density at radius 1 is 1.53 bits per heavy atom. The zero-order chi connectivity index (χ0) is 14.6. The van der Waals surface area contributed by atoms with Crippen molar-refractivity contribution in [3.63, 3.8) is 0 Å². The molecule has 19 heavy (non-hydrogen) atoms. The van der Waals surface area contributed by atoms with Gasteiger partial charge in [0.1, 0.15) is 26.9 Å². The second kappa shape index (κ2) is 6.81. The minimum atomic E-state index is -1.50. The molecule has 0 spiro atoms. The first-order valence-electron chi connectivity index (χ1n) is 6.03. The SMILES string of the molecule is CC[C@@H](F)/C(=N/[S@+]([O-])C(C)(C)C)c1cccc(Br)n1. The van der Waals surface area contributed by atoms with Crippen LogP contribution >= 0.6 is 15.9 Å². The summed E-state index contributed by atoms with van der Waals surface area (Å²) in [5.74, 6) is 0. The highest BCUT2D eigenvalue weighted by atomic mass is 79.9. The molecule has 2 atom stereocenters. The number of alkyl halides is 1. The standard InChI is InChI=1S/C13H18BrFN2OS/c1-5-9(15)12(17-19(18)13(2,3)4)10-7-6-8-11(14)16-10/h6-9H,5H2,1-4H3/b17-12-/t9-,19-/m1/s1. The molecule has 0 saturated heterocycles. The number of rotatable bonds is 4. The second-order valence-electron chi connectivity index (χ2n) is 5.06. The zero-order valence-corrected chi connectivity index (χ0v) is 13.9. The predicted molar refractivity (Wildman–Crippen MR) is 81.6 cm³/mol. The Kier molecular flexibility index (Phi) is 5.95. The third-order valence-electron chi connectivity index (χ3n) is 2.34. The van der Waals surface area contributed by atoms with E-state index in [-0.39, 0.29) is 12.1 Å². The van der Waals surface area contributed by atoms with E-state index in [2.05, 4.69) is 25.3 Å². The quantitative estimate of drug-likeness (QED) is 0.471. The summed E-state index contributed by atoms with van der Waals surface area (Å²) in [6, 6.07) is 5.18. The topological polar surface area (TPSA) is 48.3 Å². The molecule has 6 heteroatoms. The van der Waals surface area contributed by atoms with Crippen LogP contribution in [0.25, 0.3) is 0 Å². The first-order valence-corrected chi connectivity index (χ1v) is 7.93. The van der Waals surface area contributed by atoms with Gasteiger partial charge in [0, 0.05) is 0 Å². The van der Waals surface area contributed by atoms with Crippen LogP contribution in [0.15, 0.2) is 27.2 Å². The van der Waals surface area contributed by atoms with E-state index in [9.17, 15) is 8.94 Å². The van der Waals surface area contributed by atoms with Crippen molar-refractivity contribution in [2.75, 3.05) is 0 Å². The molecule has 1 rings (SSSR count). The molecule has 1 aromatic rings. The van der Waals surface area contributed by atoms with Crippen LogP contribution in [-0.4, -0.2) is 26.2 Å². The summed E-state index contributed by atoms with van der Waals surface area (Å²) in [6.07, 6.45) is -0.998. The first-order chi connectivity index (χ1) is 8.75. The van der Waals surface area contributed by atoms with Crippen LogP contribution in [0.3, 0.4) is 0 Å². The molecule has 1 aromatic heterocycles. The van der Waals surface area contributed by atoms with E-state index >= 15 is 0 Å². The maximum absolute atomic E-state index is 14.0. The van der Waals surface area contributed by atoms with E-state index in [1.165, 1.54) is 0 Å². The Hall–Kier alpha value is -0.460. The van der Waals surface area contributed by atoms with Crippen molar-refractivity contribution in [3.8, 4) is 0 Å². The lowest BCUT2D eigenvalue weighted by atomic mass is 10.1. The maximum atomic E-state index is 14.0. The normalized spacial score (nSPS) is 16.3. The van der Waals surface area contributed by atoms with Crippen LogP contribution in [0.1, 0.15) is 39.8 Å². The highest BCUT2D eigenvalue weighted by Gasteiger charge is 2.29. The van der Waals surface area contributed by atoms with Gasteiger partial charge in [-0.25, -0.2) is 9.37 Å². The largest absolute Gasteiger partial charge is 0.591 e. The van der Waals surface area contributed by atoms with Crippen molar-refractivity contribution >= 4 is 33.0 Å². The van der Waals surface area contributed by atoms with Crippen molar-refractivity contribution in [3.05, 3.63) is 28.5 Å². The molecular formula is C13H18BrFN2OS. The smallest absolute Gasteiger partial charge is 0.151 e. The van der Waals surface area contributed by atoms with E-state index in [4.69, 9.17) is 0 Å². The third-order valence-corrected chi connectivity index (χ3v) is 4.19. The van der Waals surface area contributed by atoms with Gasteiger partial charge in [-0.3, -0.25) is 0 Å². The molecule has 0 amide bonds. The summed E-state index contributed by atoms with van der Waals surface area (Å²) in [7, 11) is 0. The molecule has 1 heterocycles. The Morgan fingerprint density at radius 3 is 2.63 bits per heavy atom. The molecule has 0 aliphatic carbocycles. The van der Waals surface area contributed by atoms with Gasteiger partial charge >= 0.3 is 0 Å². The molecule has 0 unspecified atom stereocenters. The van der Waals surface area contributed by atoms with E-state index in [1.807, 2.05) is 0 Å². The zero-order valence-electron chi connectivity index (χ0n) is 11.5. The van der Waals surface area contributed by atoms with Gasteiger partial charge in [0.2, 0.25) is 0 Å². The summed E-state index contributed by atoms with van der Waals surface area (Å²) in [5, 5.41) is 0. The van der Waals surface area contributed by atoms with E-state index < -0.39 is 22.3 Å². The average Bonchev–Trinajstić information content (AvgIpc) is 2.33. The van der Waals surface area contributed by atoms with E-state index in [0.717, 1.165) is 0 Å². The molecule has 0 saturated carbocycles. The Bertz CT molecular complexity index is 462. The van der Waals surface area contributed by atoms with Crippen molar-refractivity contribution < 1.29 is 8.94 Å². The van der Waals surface area contributed by atoms with Gasteiger partial charge in [0.05, 0.1) is 5.69 Å². The van der Waals surface area contributed by atoms with Crippen molar-refractivity contribution in [2.24, 2.45) is 4.40 Å². The summed E-state index contributed by atoms with van der Waals surface area (Å²) in [5.41, 5.74) is 0.568. The van der Waals surface area contributed by atoms with Gasteiger partial charge in [0.15, 0.2) is 5.71 Å². The molecule has 0 aromatic carbocycles. The average molecular weight is 349 g/mol. The van der Waals surface area contributed by atoms with E-state index in [1.54, 1.807) is 45.9 Å². The van der Waals surface area contributed by atoms with Gasteiger partial charge in [-0.1, -0.05) is 17.4 Å². The fourth-order valence-electron chi connectivity index (χ4n) is 1.23. The van der Waals surface area contributed by atoms with Gasteiger partial charge in [-0.05, 0) is 55.3 Å². The molecule has 0 aliphatic heterocycles. The number of nitrogens with zero attached hydrogens (tertiary/aromatic N) is 2. The van der Waals surface area contributed by atoms with Crippen LogP contribution in [0, 0.1) is 0 Å². The number of hydrogen-bond donors (Lipinski definition) is 0. The number of aromatic nitrogens is 1. The molecule has 3 nitrogen and oxygen atoms in total. The molecule has 106 valence electrons. The maximum Gasteiger partial charge on any atom is 0.151 e. The van der Waals surface area contributed by atoms with Gasteiger partial charge in [-0.15, -0.1) is 0 Å². The van der Waals surface area contributed by atoms with Crippen LogP contribution in [0.4, 0.5) is 4.39 Å². The van der Waals surface area contributed by atoms with Gasteiger partial charge < -0.3 is 4.55 Å². The van der Waals surface area contributed by atoms with Crippen LogP contribution < -0.4 is 0 Å². The summed E-state index contributed by atoms with van der Waals surface area (Å²) < 4.78 is 30.2. The molecular weight excluding hydrogens is 331 g/mol. The molecule has 0 radical (unpaired) electrons. The monoisotopic (exact) mass is 348 g/mol. The van der Waals surface area contributed by atoms with Crippen molar-refractivity contribution in [1.29, 1.82) is 0 Å². The summed E-state index contributed by atoms with van der Waals surface area (Å²) in [4.78, 5) is 4.19. The predicted octanol–water partition coefficient (Wildman–Crippen LogP) is 3.84. The second-order valence-corrected chi connectivity index (χ2v) is 7.78.